The summed E-state index contributed by atoms with van der Waals surface area (Å²) < 4.78 is 93.1. The van der Waals surface area contributed by atoms with Crippen LogP contribution in [0.5, 0.6) is 0 Å². The second-order valence-corrected chi connectivity index (χ2v) is 10.5. The fraction of sp³-hybridized carbons (Fsp3) is 0.429. The molecular weight excluding hydrogens is 497 g/mol. The number of nitrogens with two attached hydrogens (primary N) is 1. The van der Waals surface area contributed by atoms with E-state index in [1.165, 1.54) is 4.31 Å². The number of benzene rings is 1. The molecule has 2 aliphatic rings. The maximum absolute atomic E-state index is 14.2. The molecule has 1 unspecified atom stereocenters. The third-order valence-electron chi connectivity index (χ3n) is 5.76. The molecule has 3 heterocycles. The maximum atomic E-state index is 14.2. The van der Waals surface area contributed by atoms with Crippen molar-refractivity contribution in [2.45, 2.75) is 43.5 Å². The summed E-state index contributed by atoms with van der Waals surface area (Å²) in [5.74, 6) is -3.74. The highest BCUT2D eigenvalue weighted by molar-refractivity contribution is 7.90. The van der Waals surface area contributed by atoms with Crippen molar-refractivity contribution in [3.8, 4) is 11.3 Å². The average Bonchev–Trinajstić information content (AvgIpc) is 3.60. The van der Waals surface area contributed by atoms with Gasteiger partial charge in [0, 0.05) is 19.2 Å². The van der Waals surface area contributed by atoms with Crippen LogP contribution in [-0.4, -0.2) is 56.9 Å². The van der Waals surface area contributed by atoms with Crippen molar-refractivity contribution in [2.24, 2.45) is 0 Å². The van der Waals surface area contributed by atoms with Crippen LogP contribution in [0.1, 0.15) is 37.7 Å². The van der Waals surface area contributed by atoms with Gasteiger partial charge in [0.2, 0.25) is 16.0 Å². The predicted molar refractivity (Wildman–Crippen MR) is 116 cm³/mol. The highest BCUT2D eigenvalue weighted by atomic mass is 32.2. The molecule has 1 atom stereocenters. The van der Waals surface area contributed by atoms with Gasteiger partial charge in [0.1, 0.15) is 17.2 Å². The van der Waals surface area contributed by atoms with Gasteiger partial charge >= 0.3 is 0 Å². The Morgan fingerprint density at radius 3 is 2.46 bits per heavy atom. The number of anilines is 1. The van der Waals surface area contributed by atoms with E-state index in [4.69, 9.17) is 5.73 Å². The smallest absolute Gasteiger partial charge is 0.266 e. The largest absolute Gasteiger partial charge is 0.392 e. The maximum Gasteiger partial charge on any atom is 0.266 e. The number of sulfonamides is 1. The molecule has 35 heavy (non-hydrogen) atoms. The summed E-state index contributed by atoms with van der Waals surface area (Å²) in [5, 5.41) is 12.9. The third kappa shape index (κ3) is 5.09. The summed E-state index contributed by atoms with van der Waals surface area (Å²) in [6, 6.07) is 2.09. The highest BCUT2D eigenvalue weighted by Crippen LogP contribution is 2.34. The Hall–Kier alpha value is -2.84. The van der Waals surface area contributed by atoms with Crippen molar-refractivity contribution >= 4 is 21.5 Å². The lowest BCUT2D eigenvalue weighted by Crippen LogP contribution is -2.43. The number of nitrogen functional groups attached to an aromatic ring is 1. The molecule has 3 N–H and O–H groups in total. The quantitative estimate of drug-likeness (QED) is 0.512. The summed E-state index contributed by atoms with van der Waals surface area (Å²) in [7, 11) is -3.05. The van der Waals surface area contributed by atoms with E-state index in [-0.39, 0.29) is 22.4 Å². The van der Waals surface area contributed by atoms with Gasteiger partial charge in [-0.05, 0) is 37.8 Å². The number of rotatable bonds is 4. The second-order valence-electron chi connectivity index (χ2n) is 8.32. The Morgan fingerprint density at radius 1 is 1.11 bits per heavy atom. The zero-order valence-electron chi connectivity index (χ0n) is 18.2. The van der Waals surface area contributed by atoms with Gasteiger partial charge in [-0.2, -0.15) is 4.31 Å². The molecule has 1 aromatic carbocycles. The number of aliphatic hydroxyl groups is 1. The van der Waals surface area contributed by atoms with Gasteiger partial charge < -0.3 is 10.8 Å². The van der Waals surface area contributed by atoms with Gasteiger partial charge in [-0.3, -0.25) is 0 Å². The van der Waals surface area contributed by atoms with Crippen LogP contribution in [-0.2, 0) is 10.0 Å². The molecule has 0 radical (unpaired) electrons. The van der Waals surface area contributed by atoms with E-state index in [2.05, 4.69) is 10.1 Å². The minimum Gasteiger partial charge on any atom is -0.392 e. The van der Waals surface area contributed by atoms with Crippen molar-refractivity contribution in [3.63, 3.8) is 0 Å². The van der Waals surface area contributed by atoms with Gasteiger partial charge in [-0.1, -0.05) is 0 Å². The average molecular weight is 519 g/mol. The van der Waals surface area contributed by atoms with Crippen molar-refractivity contribution in [1.82, 2.24) is 18.9 Å². The van der Waals surface area contributed by atoms with Crippen LogP contribution in [0.3, 0.4) is 0 Å². The van der Waals surface area contributed by atoms with Crippen molar-refractivity contribution < 1.29 is 35.5 Å². The highest BCUT2D eigenvalue weighted by Gasteiger charge is 2.41. The molecular formula is C21H22F5N5O3S. The summed E-state index contributed by atoms with van der Waals surface area (Å²) in [6.07, 6.45) is 0.541. The molecule has 5 rings (SSSR count). The number of β-amino-alcohol motifs (C(OH)–C–C–N with tert-alkyl or cyclic N) is 1. The molecule has 2 fully saturated rings. The molecule has 0 bridgehead atoms. The van der Waals surface area contributed by atoms with E-state index in [1.54, 1.807) is 0 Å². The van der Waals surface area contributed by atoms with Crippen LogP contribution in [0, 0.1) is 17.5 Å². The fourth-order valence-electron chi connectivity index (χ4n) is 3.84. The van der Waals surface area contributed by atoms with E-state index in [0.29, 0.717) is 25.2 Å². The molecule has 1 aliphatic carbocycles. The molecule has 8 nitrogen and oxygen atoms in total. The zero-order valence-corrected chi connectivity index (χ0v) is 19.0. The molecule has 2 aromatic heterocycles. The first-order valence-corrected chi connectivity index (χ1v) is 12.2. The number of hydrogen-bond acceptors (Lipinski definition) is 6. The molecule has 0 amide bonds. The van der Waals surface area contributed by atoms with Crippen LogP contribution in [0.4, 0.5) is 27.9 Å². The lowest BCUT2D eigenvalue weighted by molar-refractivity contribution is 0.108. The number of alkyl halides is 2. The van der Waals surface area contributed by atoms with Gasteiger partial charge in [0.05, 0.1) is 34.4 Å². The van der Waals surface area contributed by atoms with Gasteiger partial charge in [0.15, 0.2) is 5.82 Å². The van der Waals surface area contributed by atoms with Crippen LogP contribution in [0.2, 0.25) is 0 Å². The van der Waals surface area contributed by atoms with Gasteiger partial charge in [0.25, 0.3) is 6.43 Å². The number of nitrogens with zero attached hydrogens (tertiary/aromatic N) is 4. The van der Waals surface area contributed by atoms with Gasteiger partial charge in [-0.25, -0.2) is 39.9 Å². The number of piperidine rings is 1. The monoisotopic (exact) mass is 519 g/mol. The van der Waals surface area contributed by atoms with E-state index in [1.807, 2.05) is 0 Å². The van der Waals surface area contributed by atoms with E-state index in [9.17, 15) is 35.5 Å². The molecule has 1 aliphatic heterocycles. The van der Waals surface area contributed by atoms with Crippen LogP contribution < -0.4 is 5.73 Å². The predicted octanol–water partition coefficient (Wildman–Crippen LogP) is 3.27. The van der Waals surface area contributed by atoms with Crippen LogP contribution in [0.15, 0.2) is 24.4 Å². The van der Waals surface area contributed by atoms with Crippen LogP contribution in [0.25, 0.3) is 16.8 Å². The molecule has 1 saturated carbocycles. The minimum atomic E-state index is -3.14. The Bertz CT molecular complexity index is 1350. The number of aromatic nitrogens is 3. The molecule has 190 valence electrons. The molecule has 1 saturated heterocycles. The van der Waals surface area contributed by atoms with Crippen LogP contribution >= 0.6 is 0 Å². The topological polar surface area (TPSA) is 114 Å². The lowest BCUT2D eigenvalue weighted by atomic mass is 10.1. The molecule has 14 heteroatoms. The number of aliphatic hydroxyl groups excluding tert-OH is 1. The Morgan fingerprint density at radius 2 is 1.83 bits per heavy atom. The van der Waals surface area contributed by atoms with Crippen molar-refractivity contribution in [2.75, 3.05) is 18.8 Å². The fourth-order valence-corrected chi connectivity index (χ4v) is 5.76. The number of fused-ring (bicyclic) bond motifs is 1. The van der Waals surface area contributed by atoms with Crippen molar-refractivity contribution in [1.29, 1.82) is 0 Å². The normalized spacial score (nSPS) is 19.1. The SMILES string of the molecule is Nc1ncc2c(F)cc(-c3c(F)ccc(C(F)F)c3F)n2n1.O=S(=O)(C1CC1)N1CCCC(O)C1. The summed E-state index contributed by atoms with van der Waals surface area (Å²) in [6.45, 7) is 0.898. The first-order valence-electron chi connectivity index (χ1n) is 10.7. The Labute approximate surface area is 197 Å². The summed E-state index contributed by atoms with van der Waals surface area (Å²) in [5.41, 5.74) is 2.99. The van der Waals surface area contributed by atoms with E-state index < -0.39 is 51.1 Å². The summed E-state index contributed by atoms with van der Waals surface area (Å²) >= 11 is 0. The number of hydrogen-bond donors (Lipinski definition) is 2. The Balaban J connectivity index is 0.000000189. The minimum absolute atomic E-state index is 0.141. The first kappa shape index (κ1) is 25.3. The summed E-state index contributed by atoms with van der Waals surface area (Å²) in [4.78, 5) is 3.56. The number of halogens is 5. The first-order chi connectivity index (χ1) is 16.5. The Kier molecular flexibility index (Phi) is 6.97. The van der Waals surface area contributed by atoms with Crippen molar-refractivity contribution in [3.05, 3.63) is 47.4 Å². The van der Waals surface area contributed by atoms with E-state index >= 15 is 0 Å². The third-order valence-corrected chi connectivity index (χ3v) is 8.13. The lowest BCUT2D eigenvalue weighted by Gasteiger charge is -2.29. The molecule has 0 spiro atoms. The molecule has 3 aromatic rings. The second kappa shape index (κ2) is 9.66. The van der Waals surface area contributed by atoms with E-state index in [0.717, 1.165) is 42.5 Å². The zero-order chi connectivity index (χ0) is 25.5. The standard InChI is InChI=1S/C13H7F5N4.C8H15NO3S/c14-6-2-1-5(12(17)18)11(16)10(6)8-3-7(15)9-4-20-13(19)21-22(8)9;10-7-2-1-5-9(6-7)13(11,12)8-3-4-8/h1-4,12H,(H2,19,21);7-8,10H,1-6H2. The van der Waals surface area contributed by atoms with Gasteiger partial charge in [-0.15, -0.1) is 5.10 Å².